The number of hydrogen-bond donors (Lipinski definition) is 0. The van der Waals surface area contributed by atoms with Gasteiger partial charge >= 0.3 is 0 Å². The van der Waals surface area contributed by atoms with Crippen molar-refractivity contribution >= 4 is 0 Å². The van der Waals surface area contributed by atoms with Gasteiger partial charge in [0.2, 0.25) is 0 Å². The fourth-order valence-electron chi connectivity index (χ4n) is 1.86. The third-order valence-corrected chi connectivity index (χ3v) is 2.68. The highest BCUT2D eigenvalue weighted by Gasteiger charge is 2.23. The summed E-state index contributed by atoms with van der Waals surface area (Å²) < 4.78 is 0. The second kappa shape index (κ2) is 2.72. The Bertz CT molecular complexity index is 84.0. The van der Waals surface area contributed by atoms with Crippen LogP contribution in [0.2, 0.25) is 0 Å². The van der Waals surface area contributed by atoms with E-state index < -0.39 is 0 Å². The zero-order chi connectivity index (χ0) is 6.85. The van der Waals surface area contributed by atoms with E-state index in [0.29, 0.717) is 0 Å². The molecule has 0 nitrogen and oxygen atoms in total. The zero-order valence-corrected chi connectivity index (χ0v) is 6.85. The van der Waals surface area contributed by atoms with Crippen LogP contribution in [0.15, 0.2) is 0 Å². The molecule has 54 valence electrons. The lowest BCUT2D eigenvalue weighted by Gasteiger charge is -2.12. The maximum atomic E-state index is 2.38. The van der Waals surface area contributed by atoms with Crippen LogP contribution in [0, 0.1) is 17.8 Å². The molecule has 2 atom stereocenters. The van der Waals surface area contributed by atoms with Crippen molar-refractivity contribution in [2.75, 3.05) is 0 Å². The Kier molecular flexibility index (Phi) is 2.15. The molecule has 0 radical (unpaired) electrons. The normalized spacial score (nSPS) is 36.0. The molecule has 0 heterocycles. The highest BCUT2D eigenvalue weighted by atomic mass is 14.3. The average Bonchev–Trinajstić information content (AvgIpc) is 2.14. The van der Waals surface area contributed by atoms with Gasteiger partial charge in [0.05, 0.1) is 0 Å². The standard InChI is InChI=1S/C9H18/c1-7(2)9-5-4-8(3)6-9/h7-9H,4-6H2,1-3H3/t8-,9+/m0/s1. The van der Waals surface area contributed by atoms with E-state index in [-0.39, 0.29) is 0 Å². The van der Waals surface area contributed by atoms with Gasteiger partial charge in [0, 0.05) is 0 Å². The lowest BCUT2D eigenvalue weighted by atomic mass is 9.94. The third-order valence-electron chi connectivity index (χ3n) is 2.68. The molecular weight excluding hydrogens is 108 g/mol. The van der Waals surface area contributed by atoms with Crippen molar-refractivity contribution in [2.24, 2.45) is 17.8 Å². The molecule has 1 rings (SSSR count). The minimum Gasteiger partial charge on any atom is -0.0625 e. The minimum absolute atomic E-state index is 0.926. The van der Waals surface area contributed by atoms with E-state index >= 15 is 0 Å². The van der Waals surface area contributed by atoms with E-state index in [1.54, 1.807) is 0 Å². The first-order valence-corrected chi connectivity index (χ1v) is 4.20. The Labute approximate surface area is 58.7 Å². The molecule has 0 N–H and O–H groups in total. The molecule has 1 fully saturated rings. The molecule has 0 heteroatoms. The monoisotopic (exact) mass is 126 g/mol. The molecule has 1 saturated carbocycles. The highest BCUT2D eigenvalue weighted by Crippen LogP contribution is 2.34. The molecule has 0 aromatic heterocycles. The average molecular weight is 126 g/mol. The highest BCUT2D eigenvalue weighted by molar-refractivity contribution is 4.74. The Morgan fingerprint density at radius 3 is 2.11 bits per heavy atom. The molecule has 0 bridgehead atoms. The van der Waals surface area contributed by atoms with Gasteiger partial charge in [0.1, 0.15) is 0 Å². The molecule has 9 heavy (non-hydrogen) atoms. The fraction of sp³-hybridized carbons (Fsp3) is 1.00. The summed E-state index contributed by atoms with van der Waals surface area (Å²) in [7, 11) is 0. The van der Waals surface area contributed by atoms with Crippen molar-refractivity contribution in [1.29, 1.82) is 0 Å². The van der Waals surface area contributed by atoms with Crippen molar-refractivity contribution in [2.45, 2.75) is 40.0 Å². The topological polar surface area (TPSA) is 0 Å². The first kappa shape index (κ1) is 7.11. The van der Waals surface area contributed by atoms with Gasteiger partial charge in [0.25, 0.3) is 0 Å². The van der Waals surface area contributed by atoms with Gasteiger partial charge in [-0.15, -0.1) is 0 Å². The maximum Gasteiger partial charge on any atom is -0.0388 e. The van der Waals surface area contributed by atoms with Crippen LogP contribution in [-0.4, -0.2) is 0 Å². The van der Waals surface area contributed by atoms with Crippen LogP contribution in [0.4, 0.5) is 0 Å². The van der Waals surface area contributed by atoms with Crippen molar-refractivity contribution in [3.05, 3.63) is 0 Å². The first-order chi connectivity index (χ1) is 4.20. The van der Waals surface area contributed by atoms with Crippen molar-refractivity contribution in [3.8, 4) is 0 Å². The van der Waals surface area contributed by atoms with Crippen molar-refractivity contribution in [3.63, 3.8) is 0 Å². The Hall–Kier alpha value is 0. The van der Waals surface area contributed by atoms with Crippen LogP contribution in [0.5, 0.6) is 0 Å². The van der Waals surface area contributed by atoms with Crippen molar-refractivity contribution in [1.82, 2.24) is 0 Å². The Morgan fingerprint density at radius 2 is 1.89 bits per heavy atom. The van der Waals surface area contributed by atoms with Gasteiger partial charge in [-0.2, -0.15) is 0 Å². The zero-order valence-electron chi connectivity index (χ0n) is 6.85. The Balaban J connectivity index is 2.30. The summed E-state index contributed by atoms with van der Waals surface area (Å²) >= 11 is 0. The van der Waals surface area contributed by atoms with Gasteiger partial charge in [-0.25, -0.2) is 0 Å². The van der Waals surface area contributed by atoms with E-state index in [0.717, 1.165) is 17.8 Å². The second-order valence-electron chi connectivity index (χ2n) is 3.92. The molecule has 1 aliphatic rings. The van der Waals surface area contributed by atoms with E-state index in [9.17, 15) is 0 Å². The van der Waals surface area contributed by atoms with Gasteiger partial charge < -0.3 is 0 Å². The van der Waals surface area contributed by atoms with Crippen LogP contribution < -0.4 is 0 Å². The van der Waals surface area contributed by atoms with Crippen LogP contribution >= 0.6 is 0 Å². The molecule has 0 aromatic carbocycles. The van der Waals surface area contributed by atoms with Gasteiger partial charge in [0.15, 0.2) is 0 Å². The van der Waals surface area contributed by atoms with Crippen LogP contribution in [0.1, 0.15) is 40.0 Å². The summed E-state index contributed by atoms with van der Waals surface area (Å²) in [5.41, 5.74) is 0. The SMILES string of the molecule is CC(C)[C@@H]1CC[C@H](C)C1. The van der Waals surface area contributed by atoms with Crippen LogP contribution in [0.25, 0.3) is 0 Å². The van der Waals surface area contributed by atoms with Gasteiger partial charge in [-0.3, -0.25) is 0 Å². The smallest absolute Gasteiger partial charge is 0.0388 e. The molecule has 0 unspecified atom stereocenters. The largest absolute Gasteiger partial charge is 0.0625 e. The molecule has 0 spiro atoms. The number of rotatable bonds is 1. The molecule has 0 aliphatic heterocycles. The first-order valence-electron chi connectivity index (χ1n) is 4.20. The van der Waals surface area contributed by atoms with E-state index in [1.165, 1.54) is 19.3 Å². The quantitative estimate of drug-likeness (QED) is 0.506. The summed E-state index contributed by atoms with van der Waals surface area (Å²) in [5, 5.41) is 0. The van der Waals surface area contributed by atoms with Crippen LogP contribution in [-0.2, 0) is 0 Å². The summed E-state index contributed by atoms with van der Waals surface area (Å²) in [6.45, 7) is 7.08. The van der Waals surface area contributed by atoms with E-state index in [4.69, 9.17) is 0 Å². The lowest BCUT2D eigenvalue weighted by molar-refractivity contribution is 0.384. The summed E-state index contributed by atoms with van der Waals surface area (Å²) in [6, 6.07) is 0. The minimum atomic E-state index is 0.926. The molecule has 0 amide bonds. The van der Waals surface area contributed by atoms with E-state index in [1.807, 2.05) is 0 Å². The second-order valence-corrected chi connectivity index (χ2v) is 3.92. The predicted molar refractivity (Wildman–Crippen MR) is 41.3 cm³/mol. The lowest BCUT2D eigenvalue weighted by Crippen LogP contribution is -2.02. The third kappa shape index (κ3) is 1.70. The fourth-order valence-corrected chi connectivity index (χ4v) is 1.86. The predicted octanol–water partition coefficient (Wildman–Crippen LogP) is 3.08. The Morgan fingerprint density at radius 1 is 1.22 bits per heavy atom. The molecule has 0 saturated heterocycles. The molecular formula is C9H18. The van der Waals surface area contributed by atoms with Crippen LogP contribution in [0.3, 0.4) is 0 Å². The van der Waals surface area contributed by atoms with Gasteiger partial charge in [-0.05, 0) is 30.6 Å². The molecule has 0 aromatic rings. The summed E-state index contributed by atoms with van der Waals surface area (Å²) in [6.07, 6.45) is 4.44. The van der Waals surface area contributed by atoms with E-state index in [2.05, 4.69) is 20.8 Å². The van der Waals surface area contributed by atoms with Gasteiger partial charge in [-0.1, -0.05) is 27.2 Å². The van der Waals surface area contributed by atoms with Crippen molar-refractivity contribution < 1.29 is 0 Å². The summed E-state index contributed by atoms with van der Waals surface area (Å²) in [4.78, 5) is 0. The summed E-state index contributed by atoms with van der Waals surface area (Å²) in [5.74, 6) is 2.98. The number of hydrogen-bond acceptors (Lipinski definition) is 0. The maximum absolute atomic E-state index is 2.38. The molecule has 1 aliphatic carbocycles.